The number of hydrogen-bond acceptors (Lipinski definition) is 5. The van der Waals surface area contributed by atoms with E-state index in [0.29, 0.717) is 28.9 Å². The van der Waals surface area contributed by atoms with Crippen LogP contribution in [0.2, 0.25) is 0 Å². The van der Waals surface area contributed by atoms with Crippen LogP contribution < -0.4 is 10.6 Å². The van der Waals surface area contributed by atoms with Crippen molar-refractivity contribution >= 4 is 23.5 Å². The molecule has 0 radical (unpaired) electrons. The Morgan fingerprint density at radius 3 is 2.46 bits per heavy atom. The van der Waals surface area contributed by atoms with Crippen molar-refractivity contribution in [2.75, 3.05) is 25.6 Å². The van der Waals surface area contributed by atoms with Crippen LogP contribution in [0.5, 0.6) is 0 Å². The summed E-state index contributed by atoms with van der Waals surface area (Å²) in [7, 11) is 1.30. The van der Waals surface area contributed by atoms with Gasteiger partial charge in [0.15, 0.2) is 0 Å². The summed E-state index contributed by atoms with van der Waals surface area (Å²) in [4.78, 5) is 36.2. The topological polar surface area (TPSA) is 93.7 Å². The van der Waals surface area contributed by atoms with E-state index in [0.717, 1.165) is 19.4 Å². The molecule has 0 unspecified atom stereocenters. The Bertz CT molecular complexity index is 857. The molecule has 1 heterocycles. The van der Waals surface area contributed by atoms with E-state index in [1.165, 1.54) is 19.2 Å². The number of anilines is 1. The summed E-state index contributed by atoms with van der Waals surface area (Å²) in [6.45, 7) is 1.21. The molecule has 1 atom stereocenters. The fourth-order valence-corrected chi connectivity index (χ4v) is 2.93. The van der Waals surface area contributed by atoms with Crippen LogP contribution in [0.15, 0.2) is 48.5 Å². The van der Waals surface area contributed by atoms with Gasteiger partial charge in [-0.3, -0.25) is 9.59 Å². The quantitative estimate of drug-likeness (QED) is 0.749. The fourth-order valence-electron chi connectivity index (χ4n) is 2.93. The number of methoxy groups -OCH3 is 1. The molecular formula is C21H22N2O5. The Hall–Kier alpha value is -3.19. The highest BCUT2D eigenvalue weighted by atomic mass is 16.5. The van der Waals surface area contributed by atoms with Crippen LogP contribution in [-0.2, 0) is 9.47 Å². The van der Waals surface area contributed by atoms with E-state index in [1.54, 1.807) is 36.4 Å². The minimum absolute atomic E-state index is 0.0693. The van der Waals surface area contributed by atoms with Gasteiger partial charge in [0.1, 0.15) is 0 Å². The Labute approximate surface area is 163 Å². The monoisotopic (exact) mass is 382 g/mol. The molecule has 0 bridgehead atoms. The number of nitrogens with one attached hydrogen (secondary N) is 2. The van der Waals surface area contributed by atoms with Gasteiger partial charge in [0, 0.05) is 30.0 Å². The molecule has 0 aromatic heterocycles. The van der Waals surface area contributed by atoms with Crippen molar-refractivity contribution < 1.29 is 23.9 Å². The zero-order chi connectivity index (χ0) is 19.9. The summed E-state index contributed by atoms with van der Waals surface area (Å²) >= 11 is 0. The van der Waals surface area contributed by atoms with Gasteiger partial charge in [0.05, 0.1) is 18.8 Å². The maximum atomic E-state index is 12.4. The third kappa shape index (κ3) is 4.95. The smallest absolute Gasteiger partial charge is 0.337 e. The molecule has 1 saturated heterocycles. The molecule has 2 aromatic carbocycles. The zero-order valence-corrected chi connectivity index (χ0v) is 15.6. The number of esters is 1. The van der Waals surface area contributed by atoms with Crippen molar-refractivity contribution in [3.8, 4) is 0 Å². The second kappa shape index (κ2) is 9.14. The fraction of sp³-hybridized carbons (Fsp3) is 0.286. The Morgan fingerprint density at radius 1 is 1.04 bits per heavy atom. The van der Waals surface area contributed by atoms with Gasteiger partial charge in [0.25, 0.3) is 11.8 Å². The van der Waals surface area contributed by atoms with E-state index in [-0.39, 0.29) is 17.9 Å². The molecule has 7 nitrogen and oxygen atoms in total. The van der Waals surface area contributed by atoms with Crippen LogP contribution in [-0.4, -0.2) is 44.1 Å². The van der Waals surface area contributed by atoms with Crippen LogP contribution in [0.3, 0.4) is 0 Å². The first-order valence-electron chi connectivity index (χ1n) is 9.06. The van der Waals surface area contributed by atoms with E-state index in [4.69, 9.17) is 4.74 Å². The number of carbonyl (C=O) groups excluding carboxylic acids is 3. The third-order valence-corrected chi connectivity index (χ3v) is 4.47. The van der Waals surface area contributed by atoms with E-state index in [1.807, 2.05) is 0 Å². The molecule has 0 saturated carbocycles. The Kier molecular flexibility index (Phi) is 6.39. The van der Waals surface area contributed by atoms with Gasteiger partial charge >= 0.3 is 5.97 Å². The van der Waals surface area contributed by atoms with Crippen LogP contribution in [0.1, 0.15) is 43.9 Å². The van der Waals surface area contributed by atoms with Crippen LogP contribution in [0, 0.1) is 0 Å². The van der Waals surface area contributed by atoms with Crippen molar-refractivity contribution in [1.82, 2.24) is 5.32 Å². The summed E-state index contributed by atoms with van der Waals surface area (Å²) < 4.78 is 10.1. The lowest BCUT2D eigenvalue weighted by Crippen LogP contribution is -2.31. The van der Waals surface area contributed by atoms with Gasteiger partial charge < -0.3 is 20.1 Å². The average molecular weight is 382 g/mol. The predicted octanol–water partition coefficient (Wildman–Crippen LogP) is 2.63. The van der Waals surface area contributed by atoms with E-state index < -0.39 is 5.97 Å². The summed E-state index contributed by atoms with van der Waals surface area (Å²) in [5.41, 5.74) is 1.72. The van der Waals surface area contributed by atoms with E-state index >= 15 is 0 Å². The lowest BCUT2D eigenvalue weighted by Gasteiger charge is -2.12. The normalized spacial score (nSPS) is 15.7. The molecule has 3 rings (SSSR count). The first kappa shape index (κ1) is 19.6. The standard InChI is InChI=1S/C21H22N2O5/c1-27-21(26)15-9-7-14(8-10-15)20(25)23-17-5-2-4-16(12-17)19(24)22-13-18-6-3-11-28-18/h2,4-5,7-10,12,18H,3,6,11,13H2,1H3,(H,22,24)(H,23,25)/t18-/m0/s1. The number of ether oxygens (including phenoxy) is 2. The highest BCUT2D eigenvalue weighted by Gasteiger charge is 2.17. The molecular weight excluding hydrogens is 360 g/mol. The van der Waals surface area contributed by atoms with Crippen molar-refractivity contribution in [1.29, 1.82) is 0 Å². The van der Waals surface area contributed by atoms with Gasteiger partial charge in [-0.15, -0.1) is 0 Å². The summed E-state index contributed by atoms with van der Waals surface area (Å²) in [6, 6.07) is 12.8. The zero-order valence-electron chi connectivity index (χ0n) is 15.6. The molecule has 1 aliphatic heterocycles. The molecule has 2 N–H and O–H groups in total. The van der Waals surface area contributed by atoms with Crippen molar-refractivity contribution in [2.45, 2.75) is 18.9 Å². The van der Waals surface area contributed by atoms with Crippen molar-refractivity contribution in [3.05, 3.63) is 65.2 Å². The maximum Gasteiger partial charge on any atom is 0.337 e. The van der Waals surface area contributed by atoms with E-state index in [2.05, 4.69) is 15.4 Å². The highest BCUT2D eigenvalue weighted by molar-refractivity contribution is 6.05. The van der Waals surface area contributed by atoms with Gasteiger partial charge in [-0.1, -0.05) is 6.07 Å². The number of amides is 2. The van der Waals surface area contributed by atoms with Gasteiger partial charge in [-0.05, 0) is 55.3 Å². The largest absolute Gasteiger partial charge is 0.465 e. The summed E-state index contributed by atoms with van der Waals surface area (Å²) in [5, 5.41) is 5.61. The van der Waals surface area contributed by atoms with Crippen LogP contribution in [0.4, 0.5) is 5.69 Å². The number of benzene rings is 2. The second-order valence-electron chi connectivity index (χ2n) is 6.45. The Balaban J connectivity index is 1.60. The minimum atomic E-state index is -0.464. The Morgan fingerprint density at radius 2 is 1.79 bits per heavy atom. The summed E-state index contributed by atoms with van der Waals surface area (Å²) in [6.07, 6.45) is 2.04. The summed E-state index contributed by atoms with van der Waals surface area (Å²) in [5.74, 6) is -1.02. The third-order valence-electron chi connectivity index (χ3n) is 4.47. The van der Waals surface area contributed by atoms with Gasteiger partial charge in [-0.25, -0.2) is 4.79 Å². The number of rotatable bonds is 6. The lowest BCUT2D eigenvalue weighted by molar-refractivity contribution is 0.0600. The molecule has 1 aliphatic rings. The predicted molar refractivity (Wildman–Crippen MR) is 103 cm³/mol. The molecule has 0 spiro atoms. The SMILES string of the molecule is COC(=O)c1ccc(C(=O)Nc2cccc(C(=O)NC[C@@H]3CCCO3)c2)cc1. The van der Waals surface area contributed by atoms with Gasteiger partial charge in [0.2, 0.25) is 0 Å². The minimum Gasteiger partial charge on any atom is -0.465 e. The number of carbonyl (C=O) groups is 3. The van der Waals surface area contributed by atoms with Gasteiger partial charge in [-0.2, -0.15) is 0 Å². The average Bonchev–Trinajstić information content (AvgIpc) is 3.25. The van der Waals surface area contributed by atoms with Crippen molar-refractivity contribution in [3.63, 3.8) is 0 Å². The van der Waals surface area contributed by atoms with Crippen LogP contribution in [0.25, 0.3) is 0 Å². The first-order chi connectivity index (χ1) is 13.6. The molecule has 146 valence electrons. The molecule has 2 amide bonds. The molecule has 1 fully saturated rings. The number of hydrogen-bond donors (Lipinski definition) is 2. The lowest BCUT2D eigenvalue weighted by atomic mass is 10.1. The molecule has 2 aromatic rings. The van der Waals surface area contributed by atoms with E-state index in [9.17, 15) is 14.4 Å². The first-order valence-corrected chi connectivity index (χ1v) is 9.06. The second-order valence-corrected chi connectivity index (χ2v) is 6.45. The molecule has 0 aliphatic carbocycles. The van der Waals surface area contributed by atoms with Crippen molar-refractivity contribution in [2.24, 2.45) is 0 Å². The molecule has 28 heavy (non-hydrogen) atoms. The van der Waals surface area contributed by atoms with Crippen LogP contribution >= 0.6 is 0 Å². The molecule has 7 heteroatoms. The highest BCUT2D eigenvalue weighted by Crippen LogP contribution is 2.14. The maximum absolute atomic E-state index is 12.4.